The molecule has 1 aromatic heterocycles. The van der Waals surface area contributed by atoms with Gasteiger partial charge in [0, 0.05) is 17.3 Å². The van der Waals surface area contributed by atoms with Crippen LogP contribution in [0.3, 0.4) is 0 Å². The molecular formula is C33H28N6O2. The van der Waals surface area contributed by atoms with E-state index in [1.807, 2.05) is 77.5 Å². The average molecular weight is 541 g/mol. The number of aliphatic imine (C=N–C) groups is 2. The topological polar surface area (TPSA) is 76.3 Å². The van der Waals surface area contributed by atoms with E-state index in [0.29, 0.717) is 23.2 Å². The molecule has 0 spiro atoms. The van der Waals surface area contributed by atoms with E-state index >= 15 is 0 Å². The maximum atomic E-state index is 5.56. The number of amidine groups is 2. The number of benzene rings is 4. The highest BCUT2D eigenvalue weighted by Gasteiger charge is 2.41. The van der Waals surface area contributed by atoms with Crippen molar-refractivity contribution < 1.29 is 9.47 Å². The molecule has 0 saturated heterocycles. The maximum Gasteiger partial charge on any atom is 0.179 e. The highest BCUT2D eigenvalue weighted by atomic mass is 16.5. The van der Waals surface area contributed by atoms with Crippen LogP contribution in [0.5, 0.6) is 11.5 Å². The van der Waals surface area contributed by atoms with E-state index < -0.39 is 0 Å². The summed E-state index contributed by atoms with van der Waals surface area (Å²) in [5, 5.41) is 8.52. The molecule has 1 N–H and O–H groups in total. The Morgan fingerprint density at radius 2 is 1.46 bits per heavy atom. The Bertz CT molecular complexity index is 1810. The van der Waals surface area contributed by atoms with Crippen LogP contribution >= 0.6 is 0 Å². The number of nitrogens with one attached hydrogen (secondary N) is 1. The summed E-state index contributed by atoms with van der Waals surface area (Å²) in [5.41, 5.74) is 6.71. The van der Waals surface area contributed by atoms with Crippen LogP contribution in [0.25, 0.3) is 5.69 Å². The van der Waals surface area contributed by atoms with Gasteiger partial charge in [0.2, 0.25) is 0 Å². The number of para-hydroxylation sites is 3. The van der Waals surface area contributed by atoms with Gasteiger partial charge >= 0.3 is 0 Å². The summed E-state index contributed by atoms with van der Waals surface area (Å²) < 4.78 is 12.9. The number of hydrogen-bond acceptors (Lipinski definition) is 7. The van der Waals surface area contributed by atoms with Crippen LogP contribution in [0.1, 0.15) is 22.9 Å². The molecule has 7 rings (SSSR count). The molecule has 0 amide bonds. The first-order valence-electron chi connectivity index (χ1n) is 13.4. The molecule has 4 aromatic carbocycles. The van der Waals surface area contributed by atoms with Crippen LogP contribution in [-0.2, 0) is 0 Å². The van der Waals surface area contributed by atoms with Gasteiger partial charge in [0.25, 0.3) is 0 Å². The number of nitrogens with zero attached hydrogens (tertiary/aromatic N) is 5. The van der Waals surface area contributed by atoms with E-state index in [0.717, 1.165) is 45.4 Å². The number of ether oxygens (including phenoxy) is 2. The van der Waals surface area contributed by atoms with Gasteiger partial charge < -0.3 is 19.7 Å². The van der Waals surface area contributed by atoms with E-state index in [-0.39, 0.29) is 6.04 Å². The van der Waals surface area contributed by atoms with E-state index in [2.05, 4.69) is 47.5 Å². The molecule has 202 valence electrons. The molecule has 8 nitrogen and oxygen atoms in total. The van der Waals surface area contributed by atoms with Gasteiger partial charge in [-0.15, -0.1) is 0 Å². The van der Waals surface area contributed by atoms with Gasteiger partial charge in [-0.2, -0.15) is 5.10 Å². The number of anilines is 2. The summed E-state index contributed by atoms with van der Waals surface area (Å²) in [4.78, 5) is 12.6. The molecule has 5 aromatic rings. The summed E-state index contributed by atoms with van der Waals surface area (Å²) in [5.74, 6) is 3.40. The van der Waals surface area contributed by atoms with Crippen molar-refractivity contribution in [2.24, 2.45) is 9.98 Å². The summed E-state index contributed by atoms with van der Waals surface area (Å²) in [6.45, 7) is 2.06. The Morgan fingerprint density at radius 1 is 0.756 bits per heavy atom. The second kappa shape index (κ2) is 9.98. The highest BCUT2D eigenvalue weighted by Crippen LogP contribution is 2.48. The smallest absolute Gasteiger partial charge is 0.179 e. The molecule has 1 atom stereocenters. The number of methoxy groups -OCH3 is 2. The lowest BCUT2D eigenvalue weighted by Gasteiger charge is -2.40. The van der Waals surface area contributed by atoms with Crippen molar-refractivity contribution in [1.82, 2.24) is 9.78 Å². The van der Waals surface area contributed by atoms with Crippen LogP contribution in [0.2, 0.25) is 0 Å². The van der Waals surface area contributed by atoms with Crippen molar-refractivity contribution in [3.8, 4) is 17.2 Å². The minimum atomic E-state index is -0.171. The zero-order chi connectivity index (χ0) is 27.9. The molecule has 2 aliphatic rings. The molecular weight excluding hydrogens is 512 g/mol. The minimum Gasteiger partial charge on any atom is -0.493 e. The summed E-state index contributed by atoms with van der Waals surface area (Å²) in [6.07, 6.45) is 0. The number of aryl methyl sites for hydroxylation is 1. The fraction of sp³-hybridized carbons (Fsp3) is 0.121. The number of fused-ring (bicyclic) bond motifs is 4. The van der Waals surface area contributed by atoms with Gasteiger partial charge in [-0.25, -0.2) is 14.7 Å². The van der Waals surface area contributed by atoms with Crippen molar-refractivity contribution in [2.45, 2.75) is 13.0 Å². The fourth-order valence-electron chi connectivity index (χ4n) is 5.55. The van der Waals surface area contributed by atoms with Gasteiger partial charge in [0.05, 0.1) is 43.0 Å². The lowest BCUT2D eigenvalue weighted by atomic mass is 9.93. The van der Waals surface area contributed by atoms with Gasteiger partial charge in [0.15, 0.2) is 29.0 Å². The normalized spacial score (nSPS) is 15.2. The van der Waals surface area contributed by atoms with Crippen LogP contribution in [0.15, 0.2) is 113 Å². The Labute approximate surface area is 238 Å². The zero-order valence-corrected chi connectivity index (χ0v) is 22.9. The molecule has 0 radical (unpaired) electrons. The first kappa shape index (κ1) is 24.7. The largest absolute Gasteiger partial charge is 0.493 e. The van der Waals surface area contributed by atoms with Gasteiger partial charge in [-0.05, 0) is 48.9 Å². The van der Waals surface area contributed by atoms with E-state index in [9.17, 15) is 0 Å². The zero-order valence-electron chi connectivity index (χ0n) is 22.9. The molecule has 0 aliphatic carbocycles. The molecule has 0 bridgehead atoms. The molecule has 3 heterocycles. The third kappa shape index (κ3) is 4.12. The van der Waals surface area contributed by atoms with Gasteiger partial charge in [-0.3, -0.25) is 0 Å². The predicted molar refractivity (Wildman–Crippen MR) is 163 cm³/mol. The second-order valence-corrected chi connectivity index (χ2v) is 9.83. The molecule has 8 heteroatoms. The maximum absolute atomic E-state index is 5.56. The van der Waals surface area contributed by atoms with Crippen molar-refractivity contribution in [1.29, 1.82) is 0 Å². The summed E-state index contributed by atoms with van der Waals surface area (Å²) in [7, 11) is 3.25. The van der Waals surface area contributed by atoms with Crippen LogP contribution in [0.4, 0.5) is 22.9 Å². The fourth-order valence-corrected chi connectivity index (χ4v) is 5.55. The SMILES string of the molecule is COc1ccc(NC2=Nc3ccccc3N3C2=Nc2c(c(C)nn2-c2ccccc2)[C@H]3c2ccccc2)cc1OC. The number of rotatable bonds is 5. The van der Waals surface area contributed by atoms with Crippen molar-refractivity contribution in [3.05, 3.63) is 120 Å². The first-order chi connectivity index (χ1) is 20.2. The Balaban J connectivity index is 1.46. The minimum absolute atomic E-state index is 0.171. The molecule has 41 heavy (non-hydrogen) atoms. The van der Waals surface area contributed by atoms with Crippen molar-refractivity contribution in [2.75, 3.05) is 24.4 Å². The Morgan fingerprint density at radius 3 is 2.22 bits per heavy atom. The third-order valence-corrected chi connectivity index (χ3v) is 7.40. The Hall–Kier alpha value is -5.37. The summed E-state index contributed by atoms with van der Waals surface area (Å²) in [6, 6.07) is 34.3. The second-order valence-electron chi connectivity index (χ2n) is 9.83. The van der Waals surface area contributed by atoms with Crippen molar-refractivity contribution >= 4 is 34.6 Å². The quantitative estimate of drug-likeness (QED) is 0.260. The molecule has 0 saturated carbocycles. The molecule has 0 unspecified atom stereocenters. The molecule has 2 aliphatic heterocycles. The standard InChI is InChI=1S/C33H28N6O2/c1-21-29-30(22-12-6-4-7-13-22)38-26-17-11-10-16-25(26)35-31(34-23-18-19-27(40-2)28(20-23)41-3)33(38)36-32(29)39(37-21)24-14-8-5-9-15-24/h4-20,30H,1-3H3,(H,34,35)/t30-/m1/s1. The lowest BCUT2D eigenvalue weighted by molar-refractivity contribution is 0.355. The van der Waals surface area contributed by atoms with Gasteiger partial charge in [-0.1, -0.05) is 60.7 Å². The Kier molecular flexibility index (Phi) is 6.00. The highest BCUT2D eigenvalue weighted by molar-refractivity contribution is 6.51. The molecule has 0 fully saturated rings. The summed E-state index contributed by atoms with van der Waals surface area (Å²) >= 11 is 0. The third-order valence-electron chi connectivity index (χ3n) is 7.40. The number of hydrogen-bond donors (Lipinski definition) is 1. The average Bonchev–Trinajstić information content (AvgIpc) is 3.36. The lowest BCUT2D eigenvalue weighted by Crippen LogP contribution is -2.46. The van der Waals surface area contributed by atoms with Crippen LogP contribution < -0.4 is 19.7 Å². The van der Waals surface area contributed by atoms with Gasteiger partial charge in [0.1, 0.15) is 0 Å². The van der Waals surface area contributed by atoms with Crippen molar-refractivity contribution in [3.63, 3.8) is 0 Å². The predicted octanol–water partition coefficient (Wildman–Crippen LogP) is 6.99. The monoisotopic (exact) mass is 540 g/mol. The van der Waals surface area contributed by atoms with E-state index in [4.69, 9.17) is 24.6 Å². The number of aromatic nitrogens is 2. The van der Waals surface area contributed by atoms with Crippen LogP contribution in [0, 0.1) is 6.92 Å². The first-order valence-corrected chi connectivity index (χ1v) is 13.4. The van der Waals surface area contributed by atoms with E-state index in [1.54, 1.807) is 14.2 Å². The van der Waals surface area contributed by atoms with Crippen LogP contribution in [-0.4, -0.2) is 35.7 Å². The van der Waals surface area contributed by atoms with E-state index in [1.165, 1.54) is 0 Å².